The third-order valence-electron chi connectivity index (χ3n) is 1.43. The molecular weight excluding hydrogens is 184 g/mol. The molecule has 0 aliphatic rings. The van der Waals surface area contributed by atoms with E-state index in [1.54, 1.807) is 0 Å². The van der Waals surface area contributed by atoms with Gasteiger partial charge in [0.1, 0.15) is 0 Å². The zero-order valence-corrected chi connectivity index (χ0v) is 7.34. The summed E-state index contributed by atoms with van der Waals surface area (Å²) in [7, 11) is 0. The van der Waals surface area contributed by atoms with Crippen molar-refractivity contribution in [1.29, 1.82) is 0 Å². The monoisotopic (exact) mass is 194 g/mol. The van der Waals surface area contributed by atoms with Crippen LogP contribution in [0.25, 0.3) is 6.08 Å². The molecule has 1 heterocycles. The minimum atomic E-state index is -0.905. The molecule has 0 radical (unpaired) electrons. The van der Waals surface area contributed by atoms with Gasteiger partial charge in [-0.3, -0.25) is 4.79 Å². The molecule has 1 aromatic rings. The number of carbonyl (C=O) groups is 1. The summed E-state index contributed by atoms with van der Waals surface area (Å²) in [6, 6.07) is 0. The average molecular weight is 194 g/mol. The lowest BCUT2D eigenvalue weighted by Crippen LogP contribution is -2.01. The first-order chi connectivity index (χ1) is 6.59. The zero-order chi connectivity index (χ0) is 10.6. The van der Waals surface area contributed by atoms with Crippen molar-refractivity contribution in [3.8, 4) is 0 Å². The lowest BCUT2D eigenvalue weighted by molar-refractivity contribution is -0.135. The molecule has 1 rings (SSSR count). The number of nitrogen functional groups attached to an aromatic ring is 2. The second-order valence-electron chi connectivity index (χ2n) is 2.57. The topological polar surface area (TPSA) is 115 Å². The summed E-state index contributed by atoms with van der Waals surface area (Å²) in [4.78, 5) is 17.8. The van der Waals surface area contributed by atoms with Crippen molar-refractivity contribution >= 4 is 23.7 Å². The van der Waals surface area contributed by atoms with Crippen LogP contribution in [0.2, 0.25) is 0 Å². The van der Waals surface area contributed by atoms with Gasteiger partial charge in [-0.1, -0.05) is 6.08 Å². The summed E-state index contributed by atoms with van der Waals surface area (Å²) in [5.74, 6) is -0.597. The Morgan fingerprint density at radius 3 is 2.79 bits per heavy atom. The van der Waals surface area contributed by atoms with E-state index in [2.05, 4.69) is 9.97 Å². The van der Waals surface area contributed by atoms with Gasteiger partial charge in [0.05, 0.1) is 18.3 Å². The Labute approximate surface area is 80.3 Å². The van der Waals surface area contributed by atoms with Crippen molar-refractivity contribution in [2.75, 3.05) is 11.5 Å². The first-order valence-electron chi connectivity index (χ1n) is 3.86. The Morgan fingerprint density at radius 1 is 1.50 bits per heavy atom. The number of carboxylic acid groups (broad SMARTS) is 1. The molecule has 14 heavy (non-hydrogen) atoms. The molecule has 0 unspecified atom stereocenters. The first kappa shape index (κ1) is 9.97. The number of rotatable bonds is 3. The van der Waals surface area contributed by atoms with E-state index in [1.807, 2.05) is 0 Å². The van der Waals surface area contributed by atoms with E-state index in [1.165, 1.54) is 18.3 Å². The number of hydrogen-bond donors (Lipinski definition) is 3. The molecule has 0 aromatic carbocycles. The number of carboxylic acids is 1. The van der Waals surface area contributed by atoms with E-state index < -0.39 is 5.97 Å². The molecule has 1 aromatic heterocycles. The summed E-state index contributed by atoms with van der Waals surface area (Å²) >= 11 is 0. The lowest BCUT2D eigenvalue weighted by Gasteiger charge is -1.97. The van der Waals surface area contributed by atoms with Gasteiger partial charge in [0.25, 0.3) is 0 Å². The van der Waals surface area contributed by atoms with Crippen LogP contribution in [-0.2, 0) is 4.79 Å². The molecule has 5 N–H and O–H groups in total. The van der Waals surface area contributed by atoms with E-state index in [9.17, 15) is 4.79 Å². The highest BCUT2D eigenvalue weighted by Crippen LogP contribution is 2.08. The number of hydrogen-bond acceptors (Lipinski definition) is 5. The summed E-state index contributed by atoms with van der Waals surface area (Å²) in [6.07, 6.45) is 4.34. The molecule has 0 spiro atoms. The molecule has 0 fully saturated rings. The Balaban J connectivity index is 2.73. The van der Waals surface area contributed by atoms with Crippen LogP contribution in [-0.4, -0.2) is 21.0 Å². The summed E-state index contributed by atoms with van der Waals surface area (Å²) < 4.78 is 0. The summed E-state index contributed by atoms with van der Waals surface area (Å²) in [6.45, 7) is 0. The van der Waals surface area contributed by atoms with Gasteiger partial charge >= 0.3 is 5.97 Å². The van der Waals surface area contributed by atoms with Crippen molar-refractivity contribution in [3.63, 3.8) is 0 Å². The fraction of sp³-hybridized carbons (Fsp3) is 0.125. The van der Waals surface area contributed by atoms with Crippen molar-refractivity contribution in [1.82, 2.24) is 9.97 Å². The van der Waals surface area contributed by atoms with Gasteiger partial charge < -0.3 is 16.6 Å². The highest BCUT2D eigenvalue weighted by atomic mass is 16.4. The number of aliphatic carboxylic acids is 1. The predicted octanol–water partition coefficient (Wildman–Crippen LogP) is 0.129. The Kier molecular flexibility index (Phi) is 3.01. The third-order valence-corrected chi connectivity index (χ3v) is 1.43. The van der Waals surface area contributed by atoms with E-state index in [0.717, 1.165) is 0 Å². The van der Waals surface area contributed by atoms with Gasteiger partial charge in [-0.2, -0.15) is 0 Å². The maximum absolute atomic E-state index is 10.2. The standard InChI is InChI=1S/C8H10N4O2/c9-7-8(10)12-5(4-11-7)2-1-3-6(13)14/h1-2,4H,3H2,(H2,9,11)(H2,10,12)(H,13,14). The van der Waals surface area contributed by atoms with Gasteiger partial charge in [-0.05, 0) is 6.08 Å². The molecule has 74 valence electrons. The second-order valence-corrected chi connectivity index (χ2v) is 2.57. The van der Waals surface area contributed by atoms with E-state index in [4.69, 9.17) is 16.6 Å². The van der Waals surface area contributed by atoms with Gasteiger partial charge in [0.15, 0.2) is 11.6 Å². The fourth-order valence-corrected chi connectivity index (χ4v) is 0.788. The lowest BCUT2D eigenvalue weighted by atomic mass is 10.3. The number of nitrogens with two attached hydrogens (primary N) is 2. The van der Waals surface area contributed by atoms with Crippen LogP contribution in [0.1, 0.15) is 12.1 Å². The number of aromatic nitrogens is 2. The van der Waals surface area contributed by atoms with E-state index in [0.29, 0.717) is 5.69 Å². The molecule has 0 saturated carbocycles. The molecule has 0 aliphatic carbocycles. The third kappa shape index (κ3) is 2.74. The van der Waals surface area contributed by atoms with Crippen molar-refractivity contribution in [2.45, 2.75) is 6.42 Å². The first-order valence-corrected chi connectivity index (χ1v) is 3.86. The Bertz CT molecular complexity index is 376. The van der Waals surface area contributed by atoms with Crippen LogP contribution in [0.5, 0.6) is 0 Å². The molecule has 0 bridgehead atoms. The summed E-state index contributed by atoms with van der Waals surface area (Å²) in [5, 5.41) is 8.36. The van der Waals surface area contributed by atoms with Crippen LogP contribution in [0.3, 0.4) is 0 Å². The van der Waals surface area contributed by atoms with Gasteiger partial charge in [-0.15, -0.1) is 0 Å². The Morgan fingerprint density at radius 2 is 2.21 bits per heavy atom. The van der Waals surface area contributed by atoms with Crippen molar-refractivity contribution < 1.29 is 9.90 Å². The molecule has 0 saturated heterocycles. The maximum Gasteiger partial charge on any atom is 0.307 e. The average Bonchev–Trinajstić information content (AvgIpc) is 2.10. The SMILES string of the molecule is Nc1ncc(C=CCC(=O)O)nc1N. The molecule has 0 aliphatic heterocycles. The normalized spacial score (nSPS) is 10.6. The molecule has 0 amide bonds. The Hall–Kier alpha value is -2.11. The quantitative estimate of drug-likeness (QED) is 0.629. The minimum absolute atomic E-state index is 0.0635. The zero-order valence-electron chi connectivity index (χ0n) is 7.34. The highest BCUT2D eigenvalue weighted by Gasteiger charge is 1.97. The molecule has 6 heteroatoms. The highest BCUT2D eigenvalue weighted by molar-refractivity contribution is 5.70. The largest absolute Gasteiger partial charge is 0.481 e. The van der Waals surface area contributed by atoms with Crippen LogP contribution < -0.4 is 11.5 Å². The number of nitrogens with zero attached hydrogens (tertiary/aromatic N) is 2. The van der Waals surface area contributed by atoms with Crippen LogP contribution in [0.15, 0.2) is 12.3 Å². The van der Waals surface area contributed by atoms with Crippen LogP contribution in [0.4, 0.5) is 11.6 Å². The molecule has 6 nitrogen and oxygen atoms in total. The van der Waals surface area contributed by atoms with E-state index in [-0.39, 0.29) is 18.1 Å². The van der Waals surface area contributed by atoms with Crippen LogP contribution in [0, 0.1) is 0 Å². The van der Waals surface area contributed by atoms with Crippen LogP contribution >= 0.6 is 0 Å². The number of anilines is 2. The van der Waals surface area contributed by atoms with Crippen molar-refractivity contribution in [3.05, 3.63) is 18.0 Å². The minimum Gasteiger partial charge on any atom is -0.481 e. The fourth-order valence-electron chi connectivity index (χ4n) is 0.788. The van der Waals surface area contributed by atoms with E-state index >= 15 is 0 Å². The molecular formula is C8H10N4O2. The second kappa shape index (κ2) is 4.22. The summed E-state index contributed by atoms with van der Waals surface area (Å²) in [5.41, 5.74) is 11.2. The van der Waals surface area contributed by atoms with Gasteiger partial charge in [0.2, 0.25) is 0 Å². The van der Waals surface area contributed by atoms with Crippen molar-refractivity contribution in [2.24, 2.45) is 0 Å². The predicted molar refractivity (Wildman–Crippen MR) is 52.1 cm³/mol. The maximum atomic E-state index is 10.2. The van der Waals surface area contributed by atoms with Gasteiger partial charge in [-0.25, -0.2) is 9.97 Å². The molecule has 0 atom stereocenters. The smallest absolute Gasteiger partial charge is 0.307 e. The van der Waals surface area contributed by atoms with Gasteiger partial charge in [0, 0.05) is 0 Å².